The number of rotatable bonds is 4. The van der Waals surface area contributed by atoms with Crippen LogP contribution < -0.4 is 0 Å². The number of fused-ring (bicyclic) bond motifs is 1. The Morgan fingerprint density at radius 1 is 1.52 bits per heavy atom. The molecule has 1 amide bonds. The molecule has 0 aromatic carbocycles. The second kappa shape index (κ2) is 5.51. The third-order valence-corrected chi connectivity index (χ3v) is 2.63. The minimum absolute atomic E-state index is 0.156. The van der Waals surface area contributed by atoms with E-state index in [2.05, 4.69) is 21.6 Å². The average molecular weight is 299 g/mol. The number of hydrogen-bond acceptors (Lipinski definition) is 4. The van der Waals surface area contributed by atoms with E-state index >= 15 is 0 Å². The third-order valence-electron chi connectivity index (χ3n) is 2.63. The Morgan fingerprint density at radius 2 is 2.24 bits per heavy atom. The van der Waals surface area contributed by atoms with Gasteiger partial charge in [-0.25, -0.2) is 9.50 Å². The number of hydrogen-bond donors (Lipinski definition) is 0. The maximum atomic E-state index is 12.5. The molecule has 0 unspecified atom stereocenters. The summed E-state index contributed by atoms with van der Waals surface area (Å²) in [5.74, 6) is -1.09. The first-order valence-electron chi connectivity index (χ1n) is 5.97. The summed E-state index contributed by atoms with van der Waals surface area (Å²) in [6.07, 6.45) is -1.82. The zero-order valence-corrected chi connectivity index (χ0v) is 11.1. The molecular weight excluding hydrogens is 287 g/mol. The molecule has 2 heterocycles. The number of carbonyl (C=O) groups excluding carboxylic acids is 1. The highest BCUT2D eigenvalue weighted by Crippen LogP contribution is 2.17. The first-order chi connectivity index (χ1) is 9.81. The lowest BCUT2D eigenvalue weighted by Crippen LogP contribution is -2.39. The molecule has 0 aliphatic rings. The number of amides is 1. The van der Waals surface area contributed by atoms with Gasteiger partial charge in [0.1, 0.15) is 6.54 Å². The standard InChI is InChI=1S/C12H12F3N5O/c1-3-6-19(7-12(13,14)15)10(21)9-17-11-16-5-4-8(2)20(11)18-9/h3-5H,1,6-7H2,2H3. The van der Waals surface area contributed by atoms with Gasteiger partial charge in [0.15, 0.2) is 0 Å². The molecule has 0 saturated heterocycles. The van der Waals surface area contributed by atoms with E-state index in [1.807, 2.05) is 0 Å². The smallest absolute Gasteiger partial charge is 0.323 e. The predicted octanol–water partition coefficient (Wildman–Crippen LogP) is 1.62. The van der Waals surface area contributed by atoms with Crippen LogP contribution >= 0.6 is 0 Å². The molecule has 2 aromatic rings. The van der Waals surface area contributed by atoms with Gasteiger partial charge < -0.3 is 4.90 Å². The van der Waals surface area contributed by atoms with E-state index in [0.29, 0.717) is 10.6 Å². The van der Waals surface area contributed by atoms with Crippen molar-refractivity contribution in [1.29, 1.82) is 0 Å². The van der Waals surface area contributed by atoms with Gasteiger partial charge in [-0.1, -0.05) is 6.08 Å². The fraction of sp³-hybridized carbons (Fsp3) is 0.333. The summed E-state index contributed by atoms with van der Waals surface area (Å²) in [7, 11) is 0. The van der Waals surface area contributed by atoms with E-state index in [9.17, 15) is 18.0 Å². The van der Waals surface area contributed by atoms with Gasteiger partial charge in [-0.2, -0.15) is 18.2 Å². The molecule has 21 heavy (non-hydrogen) atoms. The monoisotopic (exact) mass is 299 g/mol. The van der Waals surface area contributed by atoms with Crippen molar-refractivity contribution in [2.45, 2.75) is 13.1 Å². The Kier molecular flexibility index (Phi) is 3.92. The van der Waals surface area contributed by atoms with Crippen LogP contribution in [0.2, 0.25) is 0 Å². The summed E-state index contributed by atoms with van der Waals surface area (Å²) < 4.78 is 38.8. The summed E-state index contributed by atoms with van der Waals surface area (Å²) >= 11 is 0. The number of carbonyl (C=O) groups is 1. The van der Waals surface area contributed by atoms with E-state index in [1.54, 1.807) is 13.0 Å². The molecule has 0 N–H and O–H groups in total. The molecule has 0 spiro atoms. The van der Waals surface area contributed by atoms with Gasteiger partial charge in [0.2, 0.25) is 5.82 Å². The van der Waals surface area contributed by atoms with Crippen molar-refractivity contribution in [2.24, 2.45) is 0 Å². The zero-order valence-electron chi connectivity index (χ0n) is 11.1. The van der Waals surface area contributed by atoms with Crippen molar-refractivity contribution >= 4 is 11.7 Å². The Labute approximate surface area is 117 Å². The van der Waals surface area contributed by atoms with Gasteiger partial charge in [-0.3, -0.25) is 4.79 Å². The topological polar surface area (TPSA) is 63.4 Å². The normalized spacial score (nSPS) is 11.6. The Bertz CT molecular complexity index is 679. The molecule has 112 valence electrons. The summed E-state index contributed by atoms with van der Waals surface area (Å²) in [6, 6.07) is 1.65. The summed E-state index contributed by atoms with van der Waals surface area (Å²) in [6.45, 7) is 3.42. The second-order valence-corrected chi connectivity index (χ2v) is 4.32. The van der Waals surface area contributed by atoms with Gasteiger partial charge in [0.25, 0.3) is 11.7 Å². The van der Waals surface area contributed by atoms with E-state index in [0.717, 1.165) is 0 Å². The van der Waals surface area contributed by atoms with Crippen LogP contribution in [0.25, 0.3) is 5.78 Å². The SMILES string of the molecule is C=CCN(CC(F)(F)F)C(=O)c1nc2nccc(C)n2n1. The zero-order chi connectivity index (χ0) is 15.6. The lowest BCUT2D eigenvalue weighted by Gasteiger charge is -2.20. The quantitative estimate of drug-likeness (QED) is 0.805. The van der Waals surface area contributed by atoms with Crippen molar-refractivity contribution < 1.29 is 18.0 Å². The predicted molar refractivity (Wildman–Crippen MR) is 67.7 cm³/mol. The first kappa shape index (κ1) is 14.9. The van der Waals surface area contributed by atoms with Crippen LogP contribution in [0.1, 0.15) is 16.3 Å². The molecule has 0 atom stereocenters. The van der Waals surface area contributed by atoms with Crippen LogP contribution in [0, 0.1) is 6.92 Å². The fourth-order valence-electron chi connectivity index (χ4n) is 1.73. The van der Waals surface area contributed by atoms with Crippen LogP contribution in [-0.4, -0.2) is 49.7 Å². The van der Waals surface area contributed by atoms with E-state index in [1.165, 1.54) is 16.8 Å². The van der Waals surface area contributed by atoms with Crippen molar-refractivity contribution in [3.63, 3.8) is 0 Å². The molecule has 0 bridgehead atoms. The van der Waals surface area contributed by atoms with Crippen molar-refractivity contribution in [3.05, 3.63) is 36.4 Å². The van der Waals surface area contributed by atoms with E-state index in [4.69, 9.17) is 0 Å². The molecule has 2 aromatic heterocycles. The van der Waals surface area contributed by atoms with E-state index in [-0.39, 0.29) is 18.1 Å². The van der Waals surface area contributed by atoms with Crippen LogP contribution in [0.3, 0.4) is 0 Å². The van der Waals surface area contributed by atoms with Gasteiger partial charge >= 0.3 is 6.18 Å². The average Bonchev–Trinajstić information content (AvgIpc) is 2.81. The van der Waals surface area contributed by atoms with Crippen molar-refractivity contribution in [1.82, 2.24) is 24.5 Å². The summed E-state index contributed by atoms with van der Waals surface area (Å²) in [4.78, 5) is 20.4. The summed E-state index contributed by atoms with van der Waals surface area (Å²) in [5.41, 5.74) is 0.664. The van der Waals surface area contributed by atoms with Crippen LogP contribution in [0.5, 0.6) is 0 Å². The molecule has 9 heteroatoms. The largest absolute Gasteiger partial charge is 0.406 e. The van der Waals surface area contributed by atoms with Crippen LogP contribution in [0.15, 0.2) is 24.9 Å². The Balaban J connectivity index is 2.34. The van der Waals surface area contributed by atoms with Gasteiger partial charge in [0.05, 0.1) is 0 Å². The minimum Gasteiger partial charge on any atom is -0.323 e. The van der Waals surface area contributed by atoms with Crippen LogP contribution in [-0.2, 0) is 0 Å². The highest BCUT2D eigenvalue weighted by Gasteiger charge is 2.34. The van der Waals surface area contributed by atoms with Crippen molar-refractivity contribution in [3.8, 4) is 0 Å². The molecule has 6 nitrogen and oxygen atoms in total. The molecule has 2 rings (SSSR count). The molecule has 0 fully saturated rings. The number of aromatic nitrogens is 4. The third kappa shape index (κ3) is 3.36. The number of nitrogens with zero attached hydrogens (tertiary/aromatic N) is 5. The Hall–Kier alpha value is -2.45. The lowest BCUT2D eigenvalue weighted by atomic mass is 10.4. The van der Waals surface area contributed by atoms with Gasteiger partial charge in [-0.15, -0.1) is 11.7 Å². The van der Waals surface area contributed by atoms with Gasteiger partial charge in [-0.05, 0) is 13.0 Å². The highest BCUT2D eigenvalue weighted by atomic mass is 19.4. The number of aryl methyl sites for hydroxylation is 1. The number of halogens is 3. The van der Waals surface area contributed by atoms with Crippen LogP contribution in [0.4, 0.5) is 13.2 Å². The summed E-state index contributed by atoms with van der Waals surface area (Å²) in [5, 5.41) is 3.90. The molecule has 0 aliphatic heterocycles. The van der Waals surface area contributed by atoms with Crippen molar-refractivity contribution in [2.75, 3.05) is 13.1 Å². The fourth-order valence-corrected chi connectivity index (χ4v) is 1.73. The first-order valence-corrected chi connectivity index (χ1v) is 5.97. The highest BCUT2D eigenvalue weighted by molar-refractivity contribution is 5.91. The van der Waals surface area contributed by atoms with Gasteiger partial charge in [0, 0.05) is 18.4 Å². The molecule has 0 radical (unpaired) electrons. The molecule has 0 saturated carbocycles. The minimum atomic E-state index is -4.51. The maximum absolute atomic E-state index is 12.5. The van der Waals surface area contributed by atoms with E-state index < -0.39 is 18.6 Å². The molecule has 0 aliphatic carbocycles. The number of alkyl halides is 3. The Morgan fingerprint density at radius 3 is 2.81 bits per heavy atom. The lowest BCUT2D eigenvalue weighted by molar-refractivity contribution is -0.139. The molecular formula is C12H12F3N5O. The second-order valence-electron chi connectivity index (χ2n) is 4.32. The maximum Gasteiger partial charge on any atom is 0.406 e.